The van der Waals surface area contributed by atoms with Crippen molar-refractivity contribution < 1.29 is 44.2 Å². The van der Waals surface area contributed by atoms with E-state index in [9.17, 15) is 25.2 Å². The molecular formula is C38H72O9. The van der Waals surface area contributed by atoms with Crippen molar-refractivity contribution in [1.29, 1.82) is 0 Å². The molecule has 9 nitrogen and oxygen atoms in total. The second kappa shape index (κ2) is 30.9. The van der Waals surface area contributed by atoms with Crippen molar-refractivity contribution in [2.24, 2.45) is 0 Å². The summed E-state index contributed by atoms with van der Waals surface area (Å²) < 4.78 is 22.7. The van der Waals surface area contributed by atoms with E-state index < -0.39 is 43.4 Å². The van der Waals surface area contributed by atoms with Crippen molar-refractivity contribution >= 4 is 5.97 Å². The molecule has 1 heterocycles. The number of hydrogen-bond acceptors (Lipinski definition) is 9. The lowest BCUT2D eigenvalue weighted by molar-refractivity contribution is -0.305. The molecule has 9 heteroatoms. The Morgan fingerprint density at radius 3 is 1.77 bits per heavy atom. The number of carbonyl (C=O) groups excluding carboxylic acids is 1. The van der Waals surface area contributed by atoms with Crippen LogP contribution in [0.25, 0.3) is 0 Å². The quantitative estimate of drug-likeness (QED) is 0.0330. The number of carbonyl (C=O) groups is 1. The van der Waals surface area contributed by atoms with Crippen LogP contribution in [0.15, 0.2) is 12.2 Å². The molecule has 6 atom stereocenters. The standard InChI is InChI=1S/C38H72O9/c1-3-5-7-9-11-13-15-17-19-21-23-25-27-34(40)46-32(31-45-38-37(43)36(42)35(41)33(29-39)47-38)30-44-28-26-24-22-20-18-16-14-12-10-8-6-4-2/h11,13,32-33,35-39,41-43H,3-10,12,14-31H2,1-2H3/b13-11-. The van der Waals surface area contributed by atoms with Crippen LogP contribution in [0.1, 0.15) is 162 Å². The molecule has 0 saturated carbocycles. The third-order valence-corrected chi connectivity index (χ3v) is 8.93. The van der Waals surface area contributed by atoms with E-state index in [-0.39, 0.29) is 19.2 Å². The highest BCUT2D eigenvalue weighted by Gasteiger charge is 2.44. The molecule has 0 aromatic rings. The fourth-order valence-electron chi connectivity index (χ4n) is 5.84. The summed E-state index contributed by atoms with van der Waals surface area (Å²) in [5.74, 6) is -0.323. The Kier molecular flexibility index (Phi) is 28.9. The minimum Gasteiger partial charge on any atom is -0.457 e. The van der Waals surface area contributed by atoms with Crippen LogP contribution in [0.4, 0.5) is 0 Å². The number of rotatable bonds is 32. The molecule has 0 spiro atoms. The van der Waals surface area contributed by atoms with Gasteiger partial charge in [0.05, 0.1) is 19.8 Å². The first-order valence-corrected chi connectivity index (χ1v) is 19.3. The van der Waals surface area contributed by atoms with Crippen LogP contribution in [0.3, 0.4) is 0 Å². The molecule has 1 saturated heterocycles. The van der Waals surface area contributed by atoms with Gasteiger partial charge in [-0.2, -0.15) is 0 Å². The van der Waals surface area contributed by atoms with Gasteiger partial charge in [0.25, 0.3) is 0 Å². The zero-order chi connectivity index (χ0) is 34.4. The van der Waals surface area contributed by atoms with Gasteiger partial charge >= 0.3 is 5.97 Å². The molecule has 278 valence electrons. The van der Waals surface area contributed by atoms with Crippen molar-refractivity contribution in [1.82, 2.24) is 0 Å². The van der Waals surface area contributed by atoms with Gasteiger partial charge in [0, 0.05) is 13.0 Å². The molecule has 0 radical (unpaired) electrons. The summed E-state index contributed by atoms with van der Waals surface area (Å²) in [7, 11) is 0. The SMILES string of the molecule is CCCCC/C=C\CCCCCCCC(=O)OC(COCCCCCCCCCCCCCC)COC1OC(CO)C(O)C(O)C1O. The zero-order valence-corrected chi connectivity index (χ0v) is 30.0. The van der Waals surface area contributed by atoms with E-state index in [2.05, 4.69) is 26.0 Å². The topological polar surface area (TPSA) is 135 Å². The van der Waals surface area contributed by atoms with Gasteiger partial charge in [0.2, 0.25) is 0 Å². The predicted octanol–water partition coefficient (Wildman–Crippen LogP) is 7.30. The molecular weight excluding hydrogens is 600 g/mol. The Hall–Kier alpha value is -1.07. The minimum atomic E-state index is -1.53. The number of esters is 1. The average molecular weight is 673 g/mol. The highest BCUT2D eigenvalue weighted by Crippen LogP contribution is 2.22. The van der Waals surface area contributed by atoms with E-state index in [0.717, 1.165) is 44.9 Å². The van der Waals surface area contributed by atoms with Crippen LogP contribution < -0.4 is 0 Å². The number of allylic oxidation sites excluding steroid dienone is 2. The third-order valence-electron chi connectivity index (χ3n) is 8.93. The molecule has 0 aromatic carbocycles. The lowest BCUT2D eigenvalue weighted by Crippen LogP contribution is -2.59. The van der Waals surface area contributed by atoms with Gasteiger partial charge in [0.15, 0.2) is 6.29 Å². The first-order valence-electron chi connectivity index (χ1n) is 19.3. The van der Waals surface area contributed by atoms with Crippen molar-refractivity contribution in [3.63, 3.8) is 0 Å². The maximum Gasteiger partial charge on any atom is 0.306 e. The maximum atomic E-state index is 12.7. The molecule has 1 fully saturated rings. The fraction of sp³-hybridized carbons (Fsp3) is 0.921. The number of aliphatic hydroxyl groups excluding tert-OH is 4. The molecule has 1 aliphatic rings. The van der Waals surface area contributed by atoms with Gasteiger partial charge in [-0.3, -0.25) is 4.79 Å². The second-order valence-electron chi connectivity index (χ2n) is 13.4. The normalized spacial score (nSPS) is 22.2. The molecule has 0 amide bonds. The third kappa shape index (κ3) is 23.1. The predicted molar refractivity (Wildman–Crippen MR) is 187 cm³/mol. The number of aliphatic hydroxyl groups is 4. The van der Waals surface area contributed by atoms with E-state index in [0.29, 0.717) is 13.0 Å². The van der Waals surface area contributed by atoms with E-state index in [1.807, 2.05) is 0 Å². The largest absolute Gasteiger partial charge is 0.457 e. The van der Waals surface area contributed by atoms with Gasteiger partial charge in [0.1, 0.15) is 30.5 Å². The van der Waals surface area contributed by atoms with Crippen LogP contribution in [0.2, 0.25) is 0 Å². The van der Waals surface area contributed by atoms with Gasteiger partial charge < -0.3 is 39.4 Å². The Morgan fingerprint density at radius 2 is 1.17 bits per heavy atom. The van der Waals surface area contributed by atoms with Crippen LogP contribution >= 0.6 is 0 Å². The Morgan fingerprint density at radius 1 is 0.660 bits per heavy atom. The van der Waals surface area contributed by atoms with Gasteiger partial charge in [-0.15, -0.1) is 0 Å². The molecule has 6 unspecified atom stereocenters. The van der Waals surface area contributed by atoms with Crippen molar-refractivity contribution in [2.75, 3.05) is 26.4 Å². The van der Waals surface area contributed by atoms with E-state index in [1.54, 1.807) is 0 Å². The summed E-state index contributed by atoms with van der Waals surface area (Å²) in [5.41, 5.74) is 0. The second-order valence-corrected chi connectivity index (χ2v) is 13.4. The number of unbranched alkanes of at least 4 members (excludes halogenated alkanes) is 19. The highest BCUT2D eigenvalue weighted by molar-refractivity contribution is 5.69. The van der Waals surface area contributed by atoms with Crippen molar-refractivity contribution in [2.45, 2.75) is 198 Å². The zero-order valence-electron chi connectivity index (χ0n) is 30.0. The molecule has 47 heavy (non-hydrogen) atoms. The van der Waals surface area contributed by atoms with Gasteiger partial charge in [-0.05, 0) is 38.5 Å². The minimum absolute atomic E-state index is 0.112. The maximum absolute atomic E-state index is 12.7. The van der Waals surface area contributed by atoms with Crippen LogP contribution in [0.5, 0.6) is 0 Å². The van der Waals surface area contributed by atoms with Crippen molar-refractivity contribution in [3.8, 4) is 0 Å². The summed E-state index contributed by atoms with van der Waals surface area (Å²) in [6.45, 7) is 4.52. The molecule has 0 bridgehead atoms. The fourth-order valence-corrected chi connectivity index (χ4v) is 5.84. The van der Waals surface area contributed by atoms with E-state index >= 15 is 0 Å². The monoisotopic (exact) mass is 673 g/mol. The molecule has 0 aliphatic carbocycles. The summed E-state index contributed by atoms with van der Waals surface area (Å²) in [5, 5.41) is 39.9. The molecule has 1 rings (SSSR count). The van der Waals surface area contributed by atoms with Crippen LogP contribution in [-0.2, 0) is 23.7 Å². The Balaban J connectivity index is 2.34. The van der Waals surface area contributed by atoms with Crippen molar-refractivity contribution in [3.05, 3.63) is 12.2 Å². The van der Waals surface area contributed by atoms with Gasteiger partial charge in [-0.25, -0.2) is 0 Å². The molecule has 1 aliphatic heterocycles. The van der Waals surface area contributed by atoms with Crippen LogP contribution in [-0.4, -0.2) is 89.6 Å². The summed E-state index contributed by atoms with van der Waals surface area (Å²) in [6.07, 6.45) is 23.7. The summed E-state index contributed by atoms with van der Waals surface area (Å²) >= 11 is 0. The molecule has 4 N–H and O–H groups in total. The summed E-state index contributed by atoms with van der Waals surface area (Å²) in [6, 6.07) is 0. The highest BCUT2D eigenvalue weighted by atomic mass is 16.7. The van der Waals surface area contributed by atoms with E-state index in [4.69, 9.17) is 18.9 Å². The van der Waals surface area contributed by atoms with E-state index in [1.165, 1.54) is 96.3 Å². The summed E-state index contributed by atoms with van der Waals surface area (Å²) in [4.78, 5) is 12.7. The first kappa shape index (κ1) is 44.0. The lowest BCUT2D eigenvalue weighted by atomic mass is 9.99. The Bertz CT molecular complexity index is 732. The average Bonchev–Trinajstić information content (AvgIpc) is 3.07. The van der Waals surface area contributed by atoms with Gasteiger partial charge in [-0.1, -0.05) is 129 Å². The number of ether oxygens (including phenoxy) is 4. The lowest BCUT2D eigenvalue weighted by Gasteiger charge is -2.39. The first-order chi connectivity index (χ1) is 22.9. The van der Waals surface area contributed by atoms with Crippen LogP contribution in [0, 0.1) is 0 Å². The Labute approximate surface area is 286 Å². The molecule has 0 aromatic heterocycles. The smallest absolute Gasteiger partial charge is 0.306 e. The number of hydrogen-bond donors (Lipinski definition) is 4.